The van der Waals surface area contributed by atoms with E-state index in [9.17, 15) is 4.79 Å². The van der Waals surface area contributed by atoms with Crippen molar-refractivity contribution >= 4 is 23.2 Å². The second-order valence-corrected chi connectivity index (χ2v) is 7.89. The van der Waals surface area contributed by atoms with Crippen LogP contribution >= 0.6 is 11.6 Å². The number of aryl methyl sites for hydroxylation is 1. The number of methoxy groups -OCH3 is 1. The van der Waals surface area contributed by atoms with Crippen LogP contribution in [0.3, 0.4) is 0 Å². The first-order chi connectivity index (χ1) is 15.0. The predicted molar refractivity (Wildman–Crippen MR) is 118 cm³/mol. The quantitative estimate of drug-likeness (QED) is 0.512. The van der Waals surface area contributed by atoms with Gasteiger partial charge in [-0.1, -0.05) is 35.8 Å². The Morgan fingerprint density at radius 2 is 2.10 bits per heavy atom. The van der Waals surface area contributed by atoms with Crippen molar-refractivity contribution in [1.29, 1.82) is 0 Å². The predicted octanol–water partition coefficient (Wildman–Crippen LogP) is 5.02. The van der Waals surface area contributed by atoms with Gasteiger partial charge < -0.3 is 18.9 Å². The van der Waals surface area contributed by atoms with Crippen molar-refractivity contribution in [2.24, 2.45) is 0 Å². The highest BCUT2D eigenvalue weighted by molar-refractivity contribution is 6.34. The number of para-hydroxylation sites is 1. The molecule has 1 aromatic heterocycles. The summed E-state index contributed by atoms with van der Waals surface area (Å²) in [6.45, 7) is 5.04. The van der Waals surface area contributed by atoms with Gasteiger partial charge in [0.05, 0.1) is 30.3 Å². The average Bonchev–Trinajstić information content (AvgIpc) is 3.39. The fourth-order valence-corrected chi connectivity index (χ4v) is 4.03. The molecule has 0 N–H and O–H groups in total. The number of anilines is 1. The number of amides is 1. The average molecular weight is 442 g/mol. The minimum Gasteiger partial charge on any atom is -0.493 e. The minimum atomic E-state index is -0.196. The van der Waals surface area contributed by atoms with E-state index in [-0.39, 0.29) is 11.8 Å². The standard InChI is InChI=1S/C23H24ClN3O4/c1-4-10-30-18-9-8-15(11-19(18)29-3)22-25-23(31-26-22)16-12-20(28)27(13-16)21-14(2)6-5-7-17(21)24/h5-9,11,16H,4,10,12-13H2,1-3H3. The molecule has 2 heterocycles. The summed E-state index contributed by atoms with van der Waals surface area (Å²) in [6.07, 6.45) is 1.20. The summed E-state index contributed by atoms with van der Waals surface area (Å²) in [5.74, 6) is 1.94. The first-order valence-electron chi connectivity index (χ1n) is 10.2. The Morgan fingerprint density at radius 1 is 1.26 bits per heavy atom. The maximum atomic E-state index is 12.7. The topological polar surface area (TPSA) is 77.7 Å². The van der Waals surface area contributed by atoms with E-state index >= 15 is 0 Å². The number of halogens is 1. The third-order valence-corrected chi connectivity index (χ3v) is 5.56. The van der Waals surface area contributed by atoms with Gasteiger partial charge in [-0.15, -0.1) is 0 Å². The molecular weight excluding hydrogens is 418 g/mol. The van der Waals surface area contributed by atoms with E-state index in [2.05, 4.69) is 10.1 Å². The Kier molecular flexibility index (Phi) is 6.13. The number of hydrogen-bond donors (Lipinski definition) is 0. The summed E-state index contributed by atoms with van der Waals surface area (Å²) in [4.78, 5) is 18.9. The summed E-state index contributed by atoms with van der Waals surface area (Å²) >= 11 is 6.36. The van der Waals surface area contributed by atoms with Crippen molar-refractivity contribution in [2.75, 3.05) is 25.2 Å². The summed E-state index contributed by atoms with van der Waals surface area (Å²) in [6, 6.07) is 11.1. The van der Waals surface area contributed by atoms with Crippen molar-refractivity contribution in [3.63, 3.8) is 0 Å². The van der Waals surface area contributed by atoms with E-state index in [0.29, 0.717) is 47.8 Å². The molecule has 4 rings (SSSR count). The molecule has 1 saturated heterocycles. The minimum absolute atomic E-state index is 0.0138. The van der Waals surface area contributed by atoms with Gasteiger partial charge in [-0.05, 0) is 43.2 Å². The van der Waals surface area contributed by atoms with Gasteiger partial charge >= 0.3 is 0 Å². The lowest BCUT2D eigenvalue weighted by atomic mass is 10.1. The molecule has 1 aliphatic rings. The SMILES string of the molecule is CCCOc1ccc(-c2noc(C3CC(=O)N(c4c(C)cccc4Cl)C3)n2)cc1OC. The van der Waals surface area contributed by atoms with Crippen LogP contribution in [0.5, 0.6) is 11.5 Å². The fourth-order valence-electron chi connectivity index (χ4n) is 3.71. The van der Waals surface area contributed by atoms with Crippen LogP contribution in [-0.2, 0) is 4.79 Å². The molecular formula is C23H24ClN3O4. The Balaban J connectivity index is 1.55. The van der Waals surface area contributed by atoms with Gasteiger partial charge in [-0.25, -0.2) is 0 Å². The highest BCUT2D eigenvalue weighted by atomic mass is 35.5. The molecule has 1 unspecified atom stereocenters. The number of carbonyl (C=O) groups is 1. The molecule has 1 fully saturated rings. The normalized spacial score (nSPS) is 16.1. The summed E-state index contributed by atoms with van der Waals surface area (Å²) in [7, 11) is 1.59. The number of rotatable bonds is 7. The first kappa shape index (κ1) is 21.2. The second-order valence-electron chi connectivity index (χ2n) is 7.48. The lowest BCUT2D eigenvalue weighted by molar-refractivity contribution is -0.117. The van der Waals surface area contributed by atoms with Crippen molar-refractivity contribution in [3.05, 3.63) is 52.9 Å². The van der Waals surface area contributed by atoms with E-state index < -0.39 is 0 Å². The van der Waals surface area contributed by atoms with Gasteiger partial charge in [0.1, 0.15) is 0 Å². The number of hydrogen-bond acceptors (Lipinski definition) is 6. The van der Waals surface area contributed by atoms with Gasteiger partial charge in [-0.2, -0.15) is 4.98 Å². The van der Waals surface area contributed by atoms with E-state index in [0.717, 1.165) is 23.2 Å². The van der Waals surface area contributed by atoms with Gasteiger partial charge in [0.25, 0.3) is 0 Å². The maximum Gasteiger partial charge on any atom is 0.232 e. The van der Waals surface area contributed by atoms with Crippen LogP contribution in [-0.4, -0.2) is 36.3 Å². The molecule has 7 nitrogen and oxygen atoms in total. The lowest BCUT2D eigenvalue weighted by Crippen LogP contribution is -2.25. The van der Waals surface area contributed by atoms with Gasteiger partial charge in [0.15, 0.2) is 11.5 Å². The Morgan fingerprint density at radius 3 is 2.84 bits per heavy atom. The van der Waals surface area contributed by atoms with E-state index in [4.69, 9.17) is 25.6 Å². The molecule has 0 radical (unpaired) electrons. The molecule has 1 atom stereocenters. The van der Waals surface area contributed by atoms with E-state index in [1.807, 2.05) is 44.2 Å². The summed E-state index contributed by atoms with van der Waals surface area (Å²) in [5, 5.41) is 4.67. The van der Waals surface area contributed by atoms with Crippen LogP contribution in [0.25, 0.3) is 11.4 Å². The Bertz CT molecular complexity index is 1080. The third kappa shape index (κ3) is 4.23. The van der Waals surface area contributed by atoms with Crippen LogP contribution in [0.15, 0.2) is 40.9 Å². The highest BCUT2D eigenvalue weighted by Crippen LogP contribution is 2.38. The molecule has 0 aliphatic carbocycles. The monoisotopic (exact) mass is 441 g/mol. The zero-order valence-electron chi connectivity index (χ0n) is 17.7. The number of aromatic nitrogens is 2. The van der Waals surface area contributed by atoms with Gasteiger partial charge in [0, 0.05) is 18.5 Å². The molecule has 0 saturated carbocycles. The number of benzene rings is 2. The molecule has 8 heteroatoms. The van der Waals surface area contributed by atoms with Crippen LogP contribution in [0.2, 0.25) is 5.02 Å². The molecule has 2 aromatic carbocycles. The van der Waals surface area contributed by atoms with Crippen molar-refractivity contribution in [1.82, 2.24) is 10.1 Å². The largest absolute Gasteiger partial charge is 0.493 e. The zero-order chi connectivity index (χ0) is 22.0. The maximum absolute atomic E-state index is 12.7. The molecule has 31 heavy (non-hydrogen) atoms. The van der Waals surface area contributed by atoms with Crippen molar-refractivity contribution < 1.29 is 18.8 Å². The number of ether oxygens (including phenoxy) is 2. The smallest absolute Gasteiger partial charge is 0.232 e. The van der Waals surface area contributed by atoms with Gasteiger partial charge in [0.2, 0.25) is 17.6 Å². The van der Waals surface area contributed by atoms with Crippen LogP contribution in [0.1, 0.15) is 37.1 Å². The zero-order valence-corrected chi connectivity index (χ0v) is 18.5. The van der Waals surface area contributed by atoms with Crippen molar-refractivity contribution in [3.8, 4) is 22.9 Å². The van der Waals surface area contributed by atoms with Crippen LogP contribution < -0.4 is 14.4 Å². The Labute approximate surface area is 185 Å². The number of nitrogens with zero attached hydrogens (tertiary/aromatic N) is 3. The molecule has 1 amide bonds. The molecule has 0 bridgehead atoms. The lowest BCUT2D eigenvalue weighted by Gasteiger charge is -2.20. The second kappa shape index (κ2) is 8.98. The highest BCUT2D eigenvalue weighted by Gasteiger charge is 2.36. The first-order valence-corrected chi connectivity index (χ1v) is 10.6. The fraction of sp³-hybridized carbons (Fsp3) is 0.348. The molecule has 1 aliphatic heterocycles. The number of carbonyl (C=O) groups excluding carboxylic acids is 1. The third-order valence-electron chi connectivity index (χ3n) is 5.26. The molecule has 0 spiro atoms. The van der Waals surface area contributed by atoms with Crippen molar-refractivity contribution in [2.45, 2.75) is 32.6 Å². The Hall–Kier alpha value is -3.06. The summed E-state index contributed by atoms with van der Waals surface area (Å²) in [5.41, 5.74) is 2.44. The summed E-state index contributed by atoms with van der Waals surface area (Å²) < 4.78 is 16.7. The van der Waals surface area contributed by atoms with E-state index in [1.165, 1.54) is 0 Å². The van der Waals surface area contributed by atoms with Gasteiger partial charge in [-0.3, -0.25) is 4.79 Å². The molecule has 162 valence electrons. The molecule has 3 aromatic rings. The van der Waals surface area contributed by atoms with Crippen LogP contribution in [0, 0.1) is 6.92 Å². The van der Waals surface area contributed by atoms with Crippen LogP contribution in [0.4, 0.5) is 5.69 Å². The van der Waals surface area contributed by atoms with E-state index in [1.54, 1.807) is 18.1 Å².